The molecular formula is C15H14N4O2S. The number of thioether (sulfide) groups is 1. The van der Waals surface area contributed by atoms with Gasteiger partial charge in [0.25, 0.3) is 5.56 Å². The van der Waals surface area contributed by atoms with Crippen molar-refractivity contribution in [2.45, 2.75) is 5.16 Å². The average Bonchev–Trinajstić information content (AvgIpc) is 2.54. The molecular weight excluding hydrogens is 300 g/mol. The van der Waals surface area contributed by atoms with Crippen LogP contribution in [0.1, 0.15) is 0 Å². The predicted octanol–water partition coefficient (Wildman–Crippen LogP) is 2.09. The molecule has 0 spiro atoms. The number of nitrogens with zero attached hydrogens (tertiary/aromatic N) is 3. The molecule has 0 amide bonds. The Morgan fingerprint density at radius 3 is 2.82 bits per heavy atom. The Kier molecular flexibility index (Phi) is 3.72. The summed E-state index contributed by atoms with van der Waals surface area (Å²) in [6.45, 7) is 0. The SMILES string of the molecule is COc1ccccc1-n1c(=O)cc(N)c2cnc(SC)nc21. The second-order valence-corrected chi connectivity index (χ2v) is 5.31. The molecule has 112 valence electrons. The summed E-state index contributed by atoms with van der Waals surface area (Å²) in [6.07, 6.45) is 3.51. The summed E-state index contributed by atoms with van der Waals surface area (Å²) in [7, 11) is 1.56. The van der Waals surface area contributed by atoms with Crippen LogP contribution in [0.25, 0.3) is 16.7 Å². The van der Waals surface area contributed by atoms with Crippen LogP contribution in [-0.4, -0.2) is 27.9 Å². The number of pyridine rings is 1. The topological polar surface area (TPSA) is 83.0 Å². The Morgan fingerprint density at radius 2 is 2.09 bits per heavy atom. The lowest BCUT2D eigenvalue weighted by Crippen LogP contribution is -2.20. The number of para-hydroxylation sites is 2. The van der Waals surface area contributed by atoms with Gasteiger partial charge in [0.1, 0.15) is 5.75 Å². The van der Waals surface area contributed by atoms with Crippen molar-refractivity contribution in [2.75, 3.05) is 19.1 Å². The molecule has 7 heteroatoms. The molecule has 0 aliphatic rings. The second kappa shape index (κ2) is 5.69. The summed E-state index contributed by atoms with van der Waals surface area (Å²) >= 11 is 1.40. The van der Waals surface area contributed by atoms with Gasteiger partial charge in [-0.3, -0.25) is 9.36 Å². The fourth-order valence-electron chi connectivity index (χ4n) is 2.26. The third kappa shape index (κ3) is 2.29. The van der Waals surface area contributed by atoms with Crippen LogP contribution in [0.5, 0.6) is 5.75 Å². The van der Waals surface area contributed by atoms with Gasteiger partial charge in [-0.1, -0.05) is 23.9 Å². The first-order valence-corrected chi connectivity index (χ1v) is 7.74. The highest BCUT2D eigenvalue weighted by molar-refractivity contribution is 7.98. The maximum absolute atomic E-state index is 12.5. The highest BCUT2D eigenvalue weighted by atomic mass is 32.2. The molecule has 3 rings (SSSR count). The van der Waals surface area contributed by atoms with Gasteiger partial charge in [-0.2, -0.15) is 0 Å². The summed E-state index contributed by atoms with van der Waals surface area (Å²) in [5.41, 5.74) is 7.11. The number of nitrogen functional groups attached to an aromatic ring is 1. The van der Waals surface area contributed by atoms with Gasteiger partial charge < -0.3 is 10.5 Å². The number of anilines is 1. The molecule has 2 N–H and O–H groups in total. The molecule has 0 bridgehead atoms. The Labute approximate surface area is 131 Å². The summed E-state index contributed by atoms with van der Waals surface area (Å²) in [4.78, 5) is 21.1. The largest absolute Gasteiger partial charge is 0.495 e. The second-order valence-electron chi connectivity index (χ2n) is 4.54. The fraction of sp³-hybridized carbons (Fsp3) is 0.133. The Bertz CT molecular complexity index is 908. The maximum Gasteiger partial charge on any atom is 0.258 e. The van der Waals surface area contributed by atoms with Crippen LogP contribution in [0, 0.1) is 0 Å². The van der Waals surface area contributed by atoms with Gasteiger partial charge in [0, 0.05) is 18.0 Å². The van der Waals surface area contributed by atoms with E-state index < -0.39 is 0 Å². The monoisotopic (exact) mass is 314 g/mol. The lowest BCUT2D eigenvalue weighted by atomic mass is 10.2. The van der Waals surface area contributed by atoms with Crippen molar-refractivity contribution in [3.63, 3.8) is 0 Å². The molecule has 0 radical (unpaired) electrons. The molecule has 0 saturated heterocycles. The average molecular weight is 314 g/mol. The van der Waals surface area contributed by atoms with Crippen LogP contribution in [-0.2, 0) is 0 Å². The number of methoxy groups -OCH3 is 1. The summed E-state index contributed by atoms with van der Waals surface area (Å²) < 4.78 is 6.84. The zero-order chi connectivity index (χ0) is 15.7. The minimum absolute atomic E-state index is 0.264. The van der Waals surface area contributed by atoms with Gasteiger partial charge in [-0.25, -0.2) is 9.97 Å². The Hall–Kier alpha value is -2.54. The van der Waals surface area contributed by atoms with Crippen molar-refractivity contribution in [1.82, 2.24) is 14.5 Å². The van der Waals surface area contributed by atoms with Crippen molar-refractivity contribution >= 4 is 28.5 Å². The van der Waals surface area contributed by atoms with E-state index in [1.807, 2.05) is 18.4 Å². The molecule has 0 atom stereocenters. The third-order valence-electron chi connectivity index (χ3n) is 3.28. The van der Waals surface area contributed by atoms with Gasteiger partial charge in [-0.05, 0) is 18.4 Å². The van der Waals surface area contributed by atoms with Crippen LogP contribution in [0.4, 0.5) is 5.69 Å². The molecule has 0 aliphatic heterocycles. The Morgan fingerprint density at radius 1 is 1.32 bits per heavy atom. The van der Waals surface area contributed by atoms with E-state index in [1.165, 1.54) is 22.4 Å². The number of aromatic nitrogens is 3. The van der Waals surface area contributed by atoms with E-state index in [2.05, 4.69) is 9.97 Å². The number of nitrogens with two attached hydrogens (primary N) is 1. The molecule has 0 unspecified atom stereocenters. The van der Waals surface area contributed by atoms with Crippen molar-refractivity contribution in [2.24, 2.45) is 0 Å². The molecule has 1 aromatic carbocycles. The number of fused-ring (bicyclic) bond motifs is 1. The first kappa shape index (κ1) is 14.4. The molecule has 3 aromatic rings. The van der Waals surface area contributed by atoms with Crippen LogP contribution in [0.3, 0.4) is 0 Å². The lowest BCUT2D eigenvalue weighted by molar-refractivity contribution is 0.413. The van der Waals surface area contributed by atoms with Crippen molar-refractivity contribution < 1.29 is 4.74 Å². The number of hydrogen-bond donors (Lipinski definition) is 1. The standard InChI is InChI=1S/C15H14N4O2S/c1-21-12-6-4-3-5-11(12)19-13(20)7-10(16)9-8-17-15(22-2)18-14(9)19/h3-8H,16H2,1-2H3. The first-order chi connectivity index (χ1) is 10.7. The van der Waals surface area contributed by atoms with E-state index in [0.717, 1.165) is 0 Å². The normalized spacial score (nSPS) is 10.8. The van der Waals surface area contributed by atoms with Gasteiger partial charge in [0.2, 0.25) is 0 Å². The molecule has 6 nitrogen and oxygen atoms in total. The smallest absolute Gasteiger partial charge is 0.258 e. The summed E-state index contributed by atoms with van der Waals surface area (Å²) in [5, 5.41) is 1.20. The minimum Gasteiger partial charge on any atom is -0.495 e. The molecule has 0 fully saturated rings. The van der Waals surface area contributed by atoms with Gasteiger partial charge in [-0.15, -0.1) is 0 Å². The zero-order valence-corrected chi connectivity index (χ0v) is 12.9. The van der Waals surface area contributed by atoms with Crippen LogP contribution in [0.15, 0.2) is 46.5 Å². The quantitative estimate of drug-likeness (QED) is 0.589. The molecule has 0 saturated carbocycles. The van der Waals surface area contributed by atoms with Crippen molar-refractivity contribution in [1.29, 1.82) is 0 Å². The van der Waals surface area contributed by atoms with Crippen LogP contribution >= 0.6 is 11.8 Å². The van der Waals surface area contributed by atoms with Crippen molar-refractivity contribution in [3.8, 4) is 11.4 Å². The maximum atomic E-state index is 12.5. The van der Waals surface area contributed by atoms with Crippen LogP contribution < -0.4 is 16.0 Å². The van der Waals surface area contributed by atoms with Gasteiger partial charge >= 0.3 is 0 Å². The Balaban J connectivity index is 2.45. The predicted molar refractivity (Wildman–Crippen MR) is 87.9 cm³/mol. The lowest BCUT2D eigenvalue weighted by Gasteiger charge is -2.14. The van der Waals surface area contributed by atoms with E-state index in [0.29, 0.717) is 33.3 Å². The molecule has 2 heterocycles. The van der Waals surface area contributed by atoms with E-state index in [9.17, 15) is 4.79 Å². The summed E-state index contributed by atoms with van der Waals surface area (Å²) in [5.74, 6) is 0.583. The molecule has 22 heavy (non-hydrogen) atoms. The number of hydrogen-bond acceptors (Lipinski definition) is 6. The first-order valence-electron chi connectivity index (χ1n) is 6.51. The third-order valence-corrected chi connectivity index (χ3v) is 3.84. The van der Waals surface area contributed by atoms with E-state index in [4.69, 9.17) is 10.5 Å². The number of ether oxygens (including phenoxy) is 1. The van der Waals surface area contributed by atoms with Gasteiger partial charge in [0.15, 0.2) is 10.8 Å². The zero-order valence-electron chi connectivity index (χ0n) is 12.1. The van der Waals surface area contributed by atoms with Crippen LogP contribution in [0.2, 0.25) is 0 Å². The number of rotatable bonds is 3. The highest BCUT2D eigenvalue weighted by Crippen LogP contribution is 2.26. The molecule has 0 aliphatic carbocycles. The summed E-state index contributed by atoms with van der Waals surface area (Å²) in [6, 6.07) is 8.65. The van der Waals surface area contributed by atoms with Crippen molar-refractivity contribution in [3.05, 3.63) is 46.9 Å². The highest BCUT2D eigenvalue weighted by Gasteiger charge is 2.14. The van der Waals surface area contributed by atoms with Gasteiger partial charge in [0.05, 0.1) is 18.2 Å². The van der Waals surface area contributed by atoms with E-state index >= 15 is 0 Å². The molecule has 2 aromatic heterocycles. The minimum atomic E-state index is -0.264. The fourth-order valence-corrected chi connectivity index (χ4v) is 2.59. The van der Waals surface area contributed by atoms with E-state index in [-0.39, 0.29) is 5.56 Å². The van der Waals surface area contributed by atoms with E-state index in [1.54, 1.807) is 25.4 Å². The number of benzene rings is 1.